The second-order valence-electron chi connectivity index (χ2n) is 6.13. The zero-order chi connectivity index (χ0) is 15.2. The molecule has 21 heavy (non-hydrogen) atoms. The molecule has 2 aliphatic heterocycles. The fourth-order valence-corrected chi connectivity index (χ4v) is 2.87. The predicted molar refractivity (Wildman–Crippen MR) is 81.9 cm³/mol. The van der Waals surface area contributed by atoms with E-state index in [-0.39, 0.29) is 23.9 Å². The summed E-state index contributed by atoms with van der Waals surface area (Å²) in [5.41, 5.74) is 0. The number of carbonyl (C=O) groups is 2. The van der Waals surface area contributed by atoms with Crippen molar-refractivity contribution < 1.29 is 9.59 Å². The molecular formula is C15H28N4O2. The van der Waals surface area contributed by atoms with E-state index < -0.39 is 0 Å². The minimum atomic E-state index is 0.0188. The van der Waals surface area contributed by atoms with Crippen LogP contribution in [0.3, 0.4) is 0 Å². The maximum absolute atomic E-state index is 12.3. The van der Waals surface area contributed by atoms with Crippen LogP contribution in [-0.2, 0) is 9.59 Å². The highest BCUT2D eigenvalue weighted by Crippen LogP contribution is 2.11. The predicted octanol–water partition coefficient (Wildman–Crippen LogP) is -0.203. The van der Waals surface area contributed by atoms with Crippen LogP contribution in [0.25, 0.3) is 0 Å². The van der Waals surface area contributed by atoms with Gasteiger partial charge in [0.2, 0.25) is 11.8 Å². The van der Waals surface area contributed by atoms with Gasteiger partial charge in [0.1, 0.15) is 0 Å². The topological polar surface area (TPSA) is 64.7 Å². The summed E-state index contributed by atoms with van der Waals surface area (Å²) in [4.78, 5) is 28.2. The van der Waals surface area contributed by atoms with Crippen LogP contribution < -0.4 is 10.6 Å². The Hall–Kier alpha value is -1.14. The van der Waals surface area contributed by atoms with Gasteiger partial charge < -0.3 is 15.5 Å². The summed E-state index contributed by atoms with van der Waals surface area (Å²) >= 11 is 0. The first kappa shape index (κ1) is 16.2. The SMILES string of the molecule is CCC(C)NC(=O)CN1CCN(C(=O)C2CCCN2)CC1. The van der Waals surface area contributed by atoms with Gasteiger partial charge in [0.05, 0.1) is 12.6 Å². The third-order valence-electron chi connectivity index (χ3n) is 4.43. The monoisotopic (exact) mass is 296 g/mol. The van der Waals surface area contributed by atoms with Crippen molar-refractivity contribution in [1.82, 2.24) is 20.4 Å². The van der Waals surface area contributed by atoms with E-state index in [1.165, 1.54) is 0 Å². The van der Waals surface area contributed by atoms with E-state index in [1.54, 1.807) is 0 Å². The van der Waals surface area contributed by atoms with Crippen LogP contribution in [0.15, 0.2) is 0 Å². The zero-order valence-electron chi connectivity index (χ0n) is 13.2. The first-order valence-electron chi connectivity index (χ1n) is 8.14. The first-order valence-corrected chi connectivity index (χ1v) is 8.14. The molecule has 2 amide bonds. The largest absolute Gasteiger partial charge is 0.353 e. The highest BCUT2D eigenvalue weighted by Gasteiger charge is 2.29. The Morgan fingerprint density at radius 1 is 1.29 bits per heavy atom. The molecule has 0 spiro atoms. The van der Waals surface area contributed by atoms with E-state index in [0.29, 0.717) is 6.54 Å². The lowest BCUT2D eigenvalue weighted by atomic mass is 10.2. The quantitative estimate of drug-likeness (QED) is 0.737. The lowest BCUT2D eigenvalue weighted by Gasteiger charge is -2.35. The van der Waals surface area contributed by atoms with Crippen LogP contribution in [0.4, 0.5) is 0 Å². The molecule has 0 aromatic heterocycles. The van der Waals surface area contributed by atoms with Crippen molar-refractivity contribution in [3.05, 3.63) is 0 Å². The van der Waals surface area contributed by atoms with Crippen molar-refractivity contribution >= 4 is 11.8 Å². The highest BCUT2D eigenvalue weighted by atomic mass is 16.2. The number of amides is 2. The number of piperazine rings is 1. The van der Waals surface area contributed by atoms with Gasteiger partial charge >= 0.3 is 0 Å². The summed E-state index contributed by atoms with van der Waals surface area (Å²) in [6.45, 7) is 8.50. The average Bonchev–Trinajstić information content (AvgIpc) is 3.01. The molecule has 0 saturated carbocycles. The van der Waals surface area contributed by atoms with Gasteiger partial charge in [-0.2, -0.15) is 0 Å². The molecule has 2 aliphatic rings. The van der Waals surface area contributed by atoms with Gasteiger partial charge in [0.15, 0.2) is 0 Å². The fourth-order valence-electron chi connectivity index (χ4n) is 2.87. The van der Waals surface area contributed by atoms with E-state index >= 15 is 0 Å². The standard InChI is InChI=1S/C15H28N4O2/c1-3-12(2)17-14(20)11-18-7-9-19(10-8-18)15(21)13-5-4-6-16-13/h12-13,16H,3-11H2,1-2H3,(H,17,20). The Labute approximate surface area is 127 Å². The van der Waals surface area contributed by atoms with Crippen molar-refractivity contribution in [1.29, 1.82) is 0 Å². The summed E-state index contributed by atoms with van der Waals surface area (Å²) in [5.74, 6) is 0.317. The molecule has 0 bridgehead atoms. The second-order valence-corrected chi connectivity index (χ2v) is 6.13. The molecule has 2 N–H and O–H groups in total. The number of nitrogens with one attached hydrogen (secondary N) is 2. The average molecular weight is 296 g/mol. The van der Waals surface area contributed by atoms with Crippen LogP contribution in [0, 0.1) is 0 Å². The summed E-state index contributed by atoms with van der Waals surface area (Å²) in [5, 5.41) is 6.24. The molecule has 2 fully saturated rings. The van der Waals surface area contributed by atoms with Crippen LogP contribution in [0.5, 0.6) is 0 Å². The molecule has 120 valence electrons. The molecule has 6 heteroatoms. The third kappa shape index (κ3) is 4.68. The summed E-state index contributed by atoms with van der Waals surface area (Å²) in [6, 6.07) is 0.249. The minimum absolute atomic E-state index is 0.0188. The van der Waals surface area contributed by atoms with E-state index in [2.05, 4.69) is 22.5 Å². The normalized spacial score (nSPS) is 24.9. The van der Waals surface area contributed by atoms with E-state index in [1.807, 2.05) is 11.8 Å². The molecule has 2 heterocycles. The molecule has 0 aliphatic carbocycles. The Morgan fingerprint density at radius 2 is 2.00 bits per heavy atom. The summed E-state index contributed by atoms with van der Waals surface area (Å²) < 4.78 is 0. The van der Waals surface area contributed by atoms with E-state index in [9.17, 15) is 9.59 Å². The lowest BCUT2D eigenvalue weighted by molar-refractivity contribution is -0.135. The Bertz CT molecular complexity index is 361. The number of nitrogens with zero attached hydrogens (tertiary/aromatic N) is 2. The fraction of sp³-hybridized carbons (Fsp3) is 0.867. The molecular weight excluding hydrogens is 268 g/mol. The van der Waals surface area contributed by atoms with Crippen LogP contribution in [0.2, 0.25) is 0 Å². The summed E-state index contributed by atoms with van der Waals surface area (Å²) in [6.07, 6.45) is 2.99. The molecule has 2 unspecified atom stereocenters. The van der Waals surface area contributed by atoms with Gasteiger partial charge in [-0.3, -0.25) is 14.5 Å². The maximum atomic E-state index is 12.3. The molecule has 2 atom stereocenters. The zero-order valence-corrected chi connectivity index (χ0v) is 13.2. The van der Waals surface area contributed by atoms with Gasteiger partial charge in [-0.05, 0) is 32.7 Å². The van der Waals surface area contributed by atoms with Crippen molar-refractivity contribution in [2.24, 2.45) is 0 Å². The summed E-state index contributed by atoms with van der Waals surface area (Å²) in [7, 11) is 0. The highest BCUT2D eigenvalue weighted by molar-refractivity contribution is 5.82. The molecule has 0 aromatic rings. The molecule has 6 nitrogen and oxygen atoms in total. The lowest BCUT2D eigenvalue weighted by Crippen LogP contribution is -2.54. The van der Waals surface area contributed by atoms with Crippen molar-refractivity contribution in [2.45, 2.75) is 45.2 Å². The van der Waals surface area contributed by atoms with Crippen LogP contribution >= 0.6 is 0 Å². The minimum Gasteiger partial charge on any atom is -0.353 e. The second kappa shape index (κ2) is 7.75. The number of hydrogen-bond donors (Lipinski definition) is 2. The maximum Gasteiger partial charge on any atom is 0.239 e. The molecule has 2 rings (SSSR count). The van der Waals surface area contributed by atoms with Crippen molar-refractivity contribution in [3.8, 4) is 0 Å². The number of hydrogen-bond acceptors (Lipinski definition) is 4. The van der Waals surface area contributed by atoms with Gasteiger partial charge in [-0.25, -0.2) is 0 Å². The van der Waals surface area contributed by atoms with Crippen molar-refractivity contribution in [2.75, 3.05) is 39.3 Å². The number of carbonyl (C=O) groups excluding carboxylic acids is 2. The first-order chi connectivity index (χ1) is 10.1. The molecule has 0 aromatic carbocycles. The Balaban J connectivity index is 1.70. The third-order valence-corrected chi connectivity index (χ3v) is 4.43. The molecule has 2 saturated heterocycles. The van der Waals surface area contributed by atoms with Gasteiger partial charge in [-0.15, -0.1) is 0 Å². The van der Waals surface area contributed by atoms with E-state index in [0.717, 1.165) is 52.0 Å². The number of rotatable bonds is 5. The van der Waals surface area contributed by atoms with Crippen molar-refractivity contribution in [3.63, 3.8) is 0 Å². The van der Waals surface area contributed by atoms with Crippen LogP contribution in [0.1, 0.15) is 33.1 Å². The molecule has 0 radical (unpaired) electrons. The van der Waals surface area contributed by atoms with Gasteiger partial charge in [-0.1, -0.05) is 6.92 Å². The Morgan fingerprint density at radius 3 is 2.57 bits per heavy atom. The smallest absolute Gasteiger partial charge is 0.239 e. The Kier molecular flexibility index (Phi) is 5.99. The van der Waals surface area contributed by atoms with Gasteiger partial charge in [0, 0.05) is 32.2 Å². The van der Waals surface area contributed by atoms with Gasteiger partial charge in [0.25, 0.3) is 0 Å². The van der Waals surface area contributed by atoms with Crippen LogP contribution in [-0.4, -0.2) is 73.0 Å². The van der Waals surface area contributed by atoms with E-state index in [4.69, 9.17) is 0 Å².